The molecule has 8 heteroatoms. The second kappa shape index (κ2) is 12.8. The number of methoxy groups -OCH3 is 1. The number of halogens is 1. The molecule has 1 fully saturated rings. The van der Waals surface area contributed by atoms with Crippen LogP contribution in [0.2, 0.25) is 5.02 Å². The second-order valence-electron chi connectivity index (χ2n) is 9.02. The predicted molar refractivity (Wildman–Crippen MR) is 140 cm³/mol. The Labute approximate surface area is 217 Å². The number of hydrogen-bond acceptors (Lipinski definition) is 6. The summed E-state index contributed by atoms with van der Waals surface area (Å²) in [6.07, 6.45) is 1.43. The third-order valence-corrected chi connectivity index (χ3v) is 6.19. The van der Waals surface area contributed by atoms with Gasteiger partial charge in [-0.15, -0.1) is 0 Å². The van der Waals surface area contributed by atoms with Crippen molar-refractivity contribution in [2.75, 3.05) is 33.5 Å². The minimum absolute atomic E-state index is 0.0238. The number of amides is 1. The van der Waals surface area contributed by atoms with Crippen LogP contribution in [0.5, 0.6) is 11.5 Å². The Balaban J connectivity index is 2.08. The largest absolute Gasteiger partial charge is 0.507 e. The molecule has 1 atom stereocenters. The van der Waals surface area contributed by atoms with Crippen LogP contribution in [0.4, 0.5) is 0 Å². The summed E-state index contributed by atoms with van der Waals surface area (Å²) < 4.78 is 17.0. The number of aliphatic hydroxyl groups is 1. The minimum Gasteiger partial charge on any atom is -0.507 e. The topological polar surface area (TPSA) is 85.3 Å². The monoisotopic (exact) mass is 515 g/mol. The summed E-state index contributed by atoms with van der Waals surface area (Å²) in [6, 6.07) is 11.1. The van der Waals surface area contributed by atoms with Gasteiger partial charge in [0.2, 0.25) is 0 Å². The zero-order valence-corrected chi connectivity index (χ0v) is 22.0. The Bertz CT molecular complexity index is 1100. The van der Waals surface area contributed by atoms with Gasteiger partial charge in [0.1, 0.15) is 5.76 Å². The zero-order valence-electron chi connectivity index (χ0n) is 21.3. The maximum absolute atomic E-state index is 13.2. The fourth-order valence-electron chi connectivity index (χ4n) is 4.09. The second-order valence-corrected chi connectivity index (χ2v) is 9.45. The molecule has 7 nitrogen and oxygen atoms in total. The van der Waals surface area contributed by atoms with Crippen LogP contribution in [0, 0.1) is 5.92 Å². The Morgan fingerprint density at radius 3 is 2.42 bits per heavy atom. The van der Waals surface area contributed by atoms with Crippen molar-refractivity contribution in [3.05, 3.63) is 64.2 Å². The van der Waals surface area contributed by atoms with E-state index in [0.29, 0.717) is 59.8 Å². The smallest absolute Gasteiger partial charge is 0.295 e. The summed E-state index contributed by atoms with van der Waals surface area (Å²) in [5, 5.41) is 11.7. The van der Waals surface area contributed by atoms with Crippen LogP contribution in [0.1, 0.15) is 50.8 Å². The number of carbonyl (C=O) groups is 2. The van der Waals surface area contributed by atoms with Crippen molar-refractivity contribution in [1.29, 1.82) is 0 Å². The van der Waals surface area contributed by atoms with Crippen LogP contribution in [0.3, 0.4) is 0 Å². The molecule has 0 radical (unpaired) electrons. The first-order chi connectivity index (χ1) is 17.3. The molecule has 2 aromatic rings. The first-order valence-corrected chi connectivity index (χ1v) is 12.6. The van der Waals surface area contributed by atoms with Gasteiger partial charge in [-0.3, -0.25) is 9.59 Å². The molecule has 0 bridgehead atoms. The molecule has 1 saturated heterocycles. The Morgan fingerprint density at radius 2 is 1.78 bits per heavy atom. The molecular weight excluding hydrogens is 482 g/mol. The fraction of sp³-hybridized carbons (Fsp3) is 0.429. The zero-order chi connectivity index (χ0) is 26.2. The quantitative estimate of drug-likeness (QED) is 0.171. The number of carbonyl (C=O) groups excluding carboxylic acids is 2. The number of likely N-dealkylation sites (tertiary alicyclic amines) is 1. The van der Waals surface area contributed by atoms with Crippen molar-refractivity contribution in [3.8, 4) is 11.5 Å². The van der Waals surface area contributed by atoms with E-state index in [4.69, 9.17) is 25.8 Å². The third-order valence-electron chi connectivity index (χ3n) is 5.94. The van der Waals surface area contributed by atoms with E-state index in [1.807, 2.05) is 13.0 Å². The molecule has 0 saturated carbocycles. The molecule has 1 N–H and O–H groups in total. The van der Waals surface area contributed by atoms with E-state index >= 15 is 0 Å². The Kier molecular flexibility index (Phi) is 9.79. The summed E-state index contributed by atoms with van der Waals surface area (Å²) in [5.41, 5.74) is 1.07. The Hall–Kier alpha value is -3.03. The van der Waals surface area contributed by atoms with Gasteiger partial charge in [0.15, 0.2) is 11.5 Å². The van der Waals surface area contributed by atoms with Gasteiger partial charge in [-0.1, -0.05) is 31.5 Å². The summed E-state index contributed by atoms with van der Waals surface area (Å²) in [6.45, 7) is 7.82. The minimum atomic E-state index is -0.790. The summed E-state index contributed by atoms with van der Waals surface area (Å²) in [7, 11) is 1.58. The number of ether oxygens (including phenoxy) is 3. The number of Topliss-reactive ketones (excluding diaryl/α,β-unsaturated/α-hetero) is 1. The van der Waals surface area contributed by atoms with Crippen LogP contribution in [-0.4, -0.2) is 55.2 Å². The van der Waals surface area contributed by atoms with E-state index in [-0.39, 0.29) is 17.9 Å². The molecule has 0 aliphatic carbocycles. The lowest BCUT2D eigenvalue weighted by Gasteiger charge is -2.26. The molecule has 1 aliphatic rings. The molecule has 2 aromatic carbocycles. The van der Waals surface area contributed by atoms with Crippen molar-refractivity contribution in [1.82, 2.24) is 4.90 Å². The average molecular weight is 516 g/mol. The van der Waals surface area contributed by atoms with E-state index in [1.54, 1.807) is 43.5 Å². The lowest BCUT2D eigenvalue weighted by atomic mass is 9.95. The molecule has 1 aliphatic heterocycles. The third kappa shape index (κ3) is 6.39. The molecule has 1 unspecified atom stereocenters. The molecule has 0 aromatic heterocycles. The standard InChI is InChI=1S/C28H34ClNO6/c1-5-35-23-17-20(9-12-22(23)36-16-13-18(2)3)25-24(26(31)19-7-10-21(29)11-8-19)27(32)28(33)30(25)14-6-15-34-4/h7-12,17-18,25,31H,5-6,13-16H2,1-4H3/b26-24+. The summed E-state index contributed by atoms with van der Waals surface area (Å²) in [4.78, 5) is 27.7. The van der Waals surface area contributed by atoms with Gasteiger partial charge in [0, 0.05) is 30.8 Å². The van der Waals surface area contributed by atoms with Crippen LogP contribution in [-0.2, 0) is 14.3 Å². The number of aliphatic hydroxyl groups excluding tert-OH is 1. The number of nitrogens with zero attached hydrogens (tertiary/aromatic N) is 1. The van der Waals surface area contributed by atoms with Crippen molar-refractivity contribution < 1.29 is 28.9 Å². The maximum atomic E-state index is 13.2. The van der Waals surface area contributed by atoms with Gasteiger partial charge in [-0.2, -0.15) is 0 Å². The van der Waals surface area contributed by atoms with Crippen molar-refractivity contribution in [2.24, 2.45) is 5.92 Å². The molecule has 1 amide bonds. The van der Waals surface area contributed by atoms with Crippen molar-refractivity contribution >= 4 is 29.1 Å². The van der Waals surface area contributed by atoms with E-state index in [9.17, 15) is 14.7 Å². The normalized spacial score (nSPS) is 17.2. The van der Waals surface area contributed by atoms with Gasteiger partial charge in [0.05, 0.1) is 24.8 Å². The highest BCUT2D eigenvalue weighted by Gasteiger charge is 2.46. The summed E-state index contributed by atoms with van der Waals surface area (Å²) >= 11 is 6.00. The van der Waals surface area contributed by atoms with Crippen LogP contribution >= 0.6 is 11.6 Å². The molecule has 194 valence electrons. The number of rotatable bonds is 12. The van der Waals surface area contributed by atoms with E-state index < -0.39 is 17.7 Å². The average Bonchev–Trinajstić information content (AvgIpc) is 3.10. The highest BCUT2D eigenvalue weighted by Crippen LogP contribution is 2.42. The highest BCUT2D eigenvalue weighted by atomic mass is 35.5. The molecule has 0 spiro atoms. The highest BCUT2D eigenvalue weighted by molar-refractivity contribution is 6.46. The Morgan fingerprint density at radius 1 is 1.06 bits per heavy atom. The van der Waals surface area contributed by atoms with E-state index in [0.717, 1.165) is 6.42 Å². The first kappa shape index (κ1) is 27.6. The summed E-state index contributed by atoms with van der Waals surface area (Å²) in [5.74, 6) is -0.0380. The van der Waals surface area contributed by atoms with Crippen LogP contribution in [0.15, 0.2) is 48.0 Å². The van der Waals surface area contributed by atoms with E-state index in [1.165, 1.54) is 4.90 Å². The number of hydrogen-bond donors (Lipinski definition) is 1. The van der Waals surface area contributed by atoms with Gasteiger partial charge < -0.3 is 24.2 Å². The van der Waals surface area contributed by atoms with Crippen molar-refractivity contribution in [3.63, 3.8) is 0 Å². The maximum Gasteiger partial charge on any atom is 0.295 e. The number of benzene rings is 2. The molecule has 3 rings (SSSR count). The number of ketones is 1. The SMILES string of the molecule is CCOc1cc(C2/C(=C(\O)c3ccc(Cl)cc3)C(=O)C(=O)N2CCCOC)ccc1OCCC(C)C. The first-order valence-electron chi connectivity index (χ1n) is 12.2. The molecular formula is C28H34ClNO6. The van der Waals surface area contributed by atoms with Gasteiger partial charge >= 0.3 is 0 Å². The molecule has 36 heavy (non-hydrogen) atoms. The van der Waals surface area contributed by atoms with Crippen LogP contribution < -0.4 is 9.47 Å². The van der Waals surface area contributed by atoms with Crippen molar-refractivity contribution in [2.45, 2.75) is 39.7 Å². The fourth-order valence-corrected chi connectivity index (χ4v) is 4.21. The van der Waals surface area contributed by atoms with Gasteiger partial charge in [0.25, 0.3) is 11.7 Å². The molecule has 1 heterocycles. The lowest BCUT2D eigenvalue weighted by molar-refractivity contribution is -0.140. The van der Waals surface area contributed by atoms with E-state index in [2.05, 4.69) is 13.8 Å². The van der Waals surface area contributed by atoms with Gasteiger partial charge in [-0.25, -0.2) is 0 Å². The van der Waals surface area contributed by atoms with Gasteiger partial charge in [-0.05, 0) is 67.6 Å². The lowest BCUT2D eigenvalue weighted by Crippen LogP contribution is -2.31. The predicted octanol–water partition coefficient (Wildman–Crippen LogP) is 5.62. The van der Waals surface area contributed by atoms with Crippen LogP contribution in [0.25, 0.3) is 5.76 Å².